The van der Waals surface area contributed by atoms with Crippen LogP contribution >= 0.6 is 11.3 Å². The third-order valence-corrected chi connectivity index (χ3v) is 4.55. The number of anilines is 1. The van der Waals surface area contributed by atoms with Crippen molar-refractivity contribution in [2.45, 2.75) is 25.3 Å². The Bertz CT molecular complexity index is 519. The van der Waals surface area contributed by atoms with Gasteiger partial charge >= 0.3 is 0 Å². The molecule has 1 atom stereocenters. The Kier molecular flexibility index (Phi) is 3.75. The maximum Gasteiger partial charge on any atom is 0.208 e. The van der Waals surface area contributed by atoms with E-state index in [4.69, 9.17) is 5.73 Å². The minimum atomic E-state index is -0.169. The van der Waals surface area contributed by atoms with Crippen LogP contribution in [0.1, 0.15) is 35.9 Å². The molecule has 0 aliphatic carbocycles. The molecule has 2 heterocycles. The molecule has 1 saturated heterocycles. The molecule has 1 aromatic carbocycles. The van der Waals surface area contributed by atoms with E-state index in [0.29, 0.717) is 0 Å². The lowest BCUT2D eigenvalue weighted by Gasteiger charge is -2.25. The minimum absolute atomic E-state index is 0.169. The molecule has 4 nitrogen and oxygen atoms in total. The van der Waals surface area contributed by atoms with Gasteiger partial charge in [-0.15, -0.1) is 10.2 Å². The summed E-state index contributed by atoms with van der Waals surface area (Å²) < 4.78 is 0. The van der Waals surface area contributed by atoms with Gasteiger partial charge in [0.25, 0.3) is 0 Å². The van der Waals surface area contributed by atoms with E-state index in [1.807, 2.05) is 30.3 Å². The van der Waals surface area contributed by atoms with Gasteiger partial charge in [-0.25, -0.2) is 0 Å². The zero-order chi connectivity index (χ0) is 13.1. The smallest absolute Gasteiger partial charge is 0.208 e. The molecule has 1 aromatic heterocycles. The van der Waals surface area contributed by atoms with Gasteiger partial charge in [0.15, 0.2) is 0 Å². The van der Waals surface area contributed by atoms with Crippen molar-refractivity contribution in [3.63, 3.8) is 0 Å². The van der Waals surface area contributed by atoms with E-state index >= 15 is 0 Å². The SMILES string of the molecule is NC(c1ccccc1)c1nnc(N2CCCCC2)s1. The average molecular weight is 274 g/mol. The third kappa shape index (κ3) is 2.77. The predicted octanol–water partition coefficient (Wildman–Crippen LogP) is 2.58. The first-order chi connectivity index (χ1) is 9.34. The molecule has 1 aliphatic rings. The highest BCUT2D eigenvalue weighted by Gasteiger charge is 2.19. The Morgan fingerprint density at radius 2 is 1.79 bits per heavy atom. The van der Waals surface area contributed by atoms with Crippen molar-refractivity contribution < 1.29 is 0 Å². The van der Waals surface area contributed by atoms with E-state index in [-0.39, 0.29) is 6.04 Å². The quantitative estimate of drug-likeness (QED) is 0.934. The van der Waals surface area contributed by atoms with Gasteiger partial charge in [-0.05, 0) is 24.8 Å². The number of hydrogen-bond acceptors (Lipinski definition) is 5. The molecule has 2 N–H and O–H groups in total. The molecule has 0 amide bonds. The average Bonchev–Trinajstić information content (AvgIpc) is 2.98. The van der Waals surface area contributed by atoms with E-state index in [1.54, 1.807) is 11.3 Å². The van der Waals surface area contributed by atoms with E-state index in [2.05, 4.69) is 15.1 Å². The Hall–Kier alpha value is -1.46. The summed E-state index contributed by atoms with van der Waals surface area (Å²) in [4.78, 5) is 2.32. The predicted molar refractivity (Wildman–Crippen MR) is 78.4 cm³/mol. The summed E-state index contributed by atoms with van der Waals surface area (Å²) in [5.41, 5.74) is 7.34. The Labute approximate surface area is 117 Å². The molecule has 19 heavy (non-hydrogen) atoms. The van der Waals surface area contributed by atoms with Crippen LogP contribution in [0.3, 0.4) is 0 Å². The molecule has 1 aliphatic heterocycles. The van der Waals surface area contributed by atoms with Gasteiger partial charge in [-0.1, -0.05) is 41.7 Å². The standard InChI is InChI=1S/C14H18N4S/c15-12(11-7-3-1-4-8-11)13-16-17-14(19-13)18-9-5-2-6-10-18/h1,3-4,7-8,12H,2,5-6,9-10,15H2. The lowest BCUT2D eigenvalue weighted by atomic mass is 10.1. The van der Waals surface area contributed by atoms with E-state index in [9.17, 15) is 0 Å². The molecular formula is C14H18N4S. The van der Waals surface area contributed by atoms with E-state index in [1.165, 1.54) is 19.3 Å². The number of nitrogens with two attached hydrogens (primary N) is 1. The Morgan fingerprint density at radius 3 is 2.53 bits per heavy atom. The lowest BCUT2D eigenvalue weighted by molar-refractivity contribution is 0.575. The number of hydrogen-bond donors (Lipinski definition) is 1. The van der Waals surface area contributed by atoms with E-state index < -0.39 is 0 Å². The number of rotatable bonds is 3. The fourth-order valence-electron chi connectivity index (χ4n) is 2.37. The van der Waals surface area contributed by atoms with Crippen LogP contribution < -0.4 is 10.6 Å². The summed E-state index contributed by atoms with van der Waals surface area (Å²) in [7, 11) is 0. The van der Waals surface area contributed by atoms with Gasteiger partial charge in [-0.2, -0.15) is 0 Å². The second-order valence-corrected chi connectivity index (χ2v) is 5.85. The summed E-state index contributed by atoms with van der Waals surface area (Å²) in [5, 5.41) is 10.5. The molecule has 1 unspecified atom stereocenters. The van der Waals surface area contributed by atoms with Gasteiger partial charge in [0.05, 0.1) is 6.04 Å². The van der Waals surface area contributed by atoms with Crippen molar-refractivity contribution in [2.24, 2.45) is 5.73 Å². The first kappa shape index (κ1) is 12.6. The Balaban J connectivity index is 1.77. The second kappa shape index (κ2) is 5.67. The number of piperidine rings is 1. The summed E-state index contributed by atoms with van der Waals surface area (Å²) in [6.45, 7) is 2.18. The molecule has 5 heteroatoms. The van der Waals surface area contributed by atoms with Crippen LogP contribution in [0.2, 0.25) is 0 Å². The van der Waals surface area contributed by atoms with Crippen LogP contribution in [0, 0.1) is 0 Å². The van der Waals surface area contributed by atoms with Gasteiger partial charge in [-0.3, -0.25) is 0 Å². The summed E-state index contributed by atoms with van der Waals surface area (Å²) in [6, 6.07) is 9.90. The van der Waals surface area contributed by atoms with Crippen LogP contribution in [0.25, 0.3) is 0 Å². The molecule has 1 fully saturated rings. The zero-order valence-electron chi connectivity index (χ0n) is 10.8. The highest BCUT2D eigenvalue weighted by atomic mass is 32.1. The summed E-state index contributed by atoms with van der Waals surface area (Å²) in [5.74, 6) is 0. The normalized spacial score (nSPS) is 17.4. The van der Waals surface area contributed by atoms with Gasteiger partial charge in [0, 0.05) is 13.1 Å². The molecular weight excluding hydrogens is 256 g/mol. The number of aromatic nitrogens is 2. The third-order valence-electron chi connectivity index (χ3n) is 3.48. The minimum Gasteiger partial charge on any atom is -0.347 e. The van der Waals surface area contributed by atoms with Crippen LogP contribution in [0.15, 0.2) is 30.3 Å². The maximum absolute atomic E-state index is 6.25. The zero-order valence-corrected chi connectivity index (χ0v) is 11.6. The second-order valence-electron chi connectivity index (χ2n) is 4.86. The van der Waals surface area contributed by atoms with Crippen molar-refractivity contribution in [2.75, 3.05) is 18.0 Å². The highest BCUT2D eigenvalue weighted by molar-refractivity contribution is 7.15. The first-order valence-electron chi connectivity index (χ1n) is 6.73. The first-order valence-corrected chi connectivity index (χ1v) is 7.55. The lowest BCUT2D eigenvalue weighted by Crippen LogP contribution is -2.29. The van der Waals surface area contributed by atoms with E-state index in [0.717, 1.165) is 28.8 Å². The highest BCUT2D eigenvalue weighted by Crippen LogP contribution is 2.28. The summed E-state index contributed by atoms with van der Waals surface area (Å²) in [6.07, 6.45) is 3.82. The Morgan fingerprint density at radius 1 is 1.05 bits per heavy atom. The molecule has 0 spiro atoms. The van der Waals surface area contributed by atoms with Crippen LogP contribution in [0.5, 0.6) is 0 Å². The van der Waals surface area contributed by atoms with Crippen molar-refractivity contribution in [3.8, 4) is 0 Å². The number of nitrogens with zero attached hydrogens (tertiary/aromatic N) is 3. The summed E-state index contributed by atoms with van der Waals surface area (Å²) >= 11 is 1.62. The topological polar surface area (TPSA) is 55.0 Å². The van der Waals surface area contributed by atoms with Gasteiger partial charge in [0.2, 0.25) is 5.13 Å². The fraction of sp³-hybridized carbons (Fsp3) is 0.429. The molecule has 0 bridgehead atoms. The van der Waals surface area contributed by atoms with Crippen molar-refractivity contribution in [1.29, 1.82) is 0 Å². The van der Waals surface area contributed by atoms with Crippen molar-refractivity contribution in [3.05, 3.63) is 40.9 Å². The molecule has 0 radical (unpaired) electrons. The largest absolute Gasteiger partial charge is 0.347 e. The van der Waals surface area contributed by atoms with Crippen LogP contribution in [0.4, 0.5) is 5.13 Å². The molecule has 2 aromatic rings. The monoisotopic (exact) mass is 274 g/mol. The molecule has 100 valence electrons. The maximum atomic E-state index is 6.25. The van der Waals surface area contributed by atoms with Crippen molar-refractivity contribution in [1.82, 2.24) is 10.2 Å². The number of benzene rings is 1. The molecule has 0 saturated carbocycles. The van der Waals surface area contributed by atoms with Gasteiger partial charge < -0.3 is 10.6 Å². The molecule has 3 rings (SSSR count). The fourth-order valence-corrected chi connectivity index (χ4v) is 3.29. The van der Waals surface area contributed by atoms with Crippen LogP contribution in [-0.2, 0) is 0 Å². The van der Waals surface area contributed by atoms with Crippen LogP contribution in [-0.4, -0.2) is 23.3 Å². The van der Waals surface area contributed by atoms with Gasteiger partial charge in [0.1, 0.15) is 5.01 Å². The van der Waals surface area contributed by atoms with Crippen molar-refractivity contribution >= 4 is 16.5 Å².